The normalized spacial score (nSPS) is 12.4. The van der Waals surface area contributed by atoms with Gasteiger partial charge in [0.15, 0.2) is 0 Å². The van der Waals surface area contributed by atoms with Crippen molar-refractivity contribution >= 4 is 81.9 Å². The first-order chi connectivity index (χ1) is 28.2. The molecule has 4 heteroatoms. The van der Waals surface area contributed by atoms with Crippen molar-refractivity contribution < 1.29 is 0 Å². The van der Waals surface area contributed by atoms with Crippen molar-refractivity contribution in [1.29, 1.82) is 0 Å². The molecule has 8 aromatic carbocycles. The molecule has 0 fully saturated rings. The maximum absolute atomic E-state index is 5.30. The Morgan fingerprint density at radius 2 is 1.07 bits per heavy atom. The minimum Gasteiger partial charge on any atom is -0.309 e. The average Bonchev–Trinajstić information content (AvgIpc) is 3.78. The average molecular weight is 729 g/mol. The summed E-state index contributed by atoms with van der Waals surface area (Å²) in [5.41, 5.74) is 12.9. The third-order valence-electron chi connectivity index (χ3n) is 11.4. The predicted molar refractivity (Wildman–Crippen MR) is 242 cm³/mol. The van der Waals surface area contributed by atoms with Crippen LogP contribution < -0.4 is 0 Å². The van der Waals surface area contributed by atoms with Crippen molar-refractivity contribution in [3.63, 3.8) is 0 Å². The lowest BCUT2D eigenvalue weighted by Crippen LogP contribution is -1.96. The van der Waals surface area contributed by atoms with E-state index in [-0.39, 0.29) is 0 Å². The molecular weight excluding hydrogens is 693 g/mol. The molecule has 0 unspecified atom stereocenters. The molecule has 0 saturated carbocycles. The van der Waals surface area contributed by atoms with Crippen LogP contribution in [0.3, 0.4) is 0 Å². The first-order valence-electron chi connectivity index (χ1n) is 19.4. The predicted octanol–water partition coefficient (Wildman–Crippen LogP) is 14.1. The molecule has 3 heterocycles. The first-order valence-corrected chi connectivity index (χ1v) is 19.4. The van der Waals surface area contributed by atoms with Crippen LogP contribution in [0.15, 0.2) is 195 Å². The SMILES string of the molecule is C=C/C=C(\C=C/C)n1c2ccccc2c2cc(-c3ccc4c(c3)c3ccccc3n4-c3cccc(-c4cnc5c6ccccc6c6ccccc6c5n4)c3)ccc21. The van der Waals surface area contributed by atoms with Gasteiger partial charge in [-0.1, -0.05) is 128 Å². The first kappa shape index (κ1) is 32.8. The molecule has 11 aromatic rings. The number of benzene rings is 8. The Bertz CT molecular complexity index is 3470. The molecule has 0 aliphatic heterocycles. The molecule has 4 nitrogen and oxygen atoms in total. The largest absolute Gasteiger partial charge is 0.309 e. The second-order valence-corrected chi connectivity index (χ2v) is 14.6. The second-order valence-electron chi connectivity index (χ2n) is 14.6. The fraction of sp³-hybridized carbons (Fsp3) is 0.0189. The number of rotatable bonds is 6. The van der Waals surface area contributed by atoms with E-state index in [0.29, 0.717) is 0 Å². The van der Waals surface area contributed by atoms with Crippen molar-refractivity contribution in [2.75, 3.05) is 0 Å². The van der Waals surface area contributed by atoms with Gasteiger partial charge in [0.05, 0.1) is 45.0 Å². The van der Waals surface area contributed by atoms with Gasteiger partial charge in [0.2, 0.25) is 0 Å². The minimum atomic E-state index is 0.849. The molecule has 0 spiro atoms. The number of para-hydroxylation sites is 2. The highest BCUT2D eigenvalue weighted by atomic mass is 15.0. The number of allylic oxidation sites excluding steroid dienone is 5. The van der Waals surface area contributed by atoms with Crippen molar-refractivity contribution in [1.82, 2.24) is 19.1 Å². The van der Waals surface area contributed by atoms with Crippen LogP contribution in [0.5, 0.6) is 0 Å². The van der Waals surface area contributed by atoms with Crippen LogP contribution in [0, 0.1) is 0 Å². The molecule has 0 amide bonds. The zero-order valence-electron chi connectivity index (χ0n) is 31.4. The Balaban J connectivity index is 1.05. The van der Waals surface area contributed by atoms with Crippen molar-refractivity contribution in [2.24, 2.45) is 0 Å². The van der Waals surface area contributed by atoms with E-state index in [1.807, 2.05) is 12.3 Å². The molecule has 3 aromatic heterocycles. The molecule has 0 atom stereocenters. The van der Waals surface area contributed by atoms with Gasteiger partial charge in [0.1, 0.15) is 0 Å². The Morgan fingerprint density at radius 1 is 0.509 bits per heavy atom. The Kier molecular flexibility index (Phi) is 7.51. The van der Waals surface area contributed by atoms with Gasteiger partial charge < -0.3 is 9.13 Å². The summed E-state index contributed by atoms with van der Waals surface area (Å²) in [5, 5.41) is 9.50. The highest BCUT2D eigenvalue weighted by molar-refractivity contribution is 6.23. The van der Waals surface area contributed by atoms with E-state index in [2.05, 4.69) is 199 Å². The number of aromatic nitrogens is 4. The summed E-state index contributed by atoms with van der Waals surface area (Å²) in [6.45, 7) is 6.04. The van der Waals surface area contributed by atoms with Gasteiger partial charge in [0.25, 0.3) is 0 Å². The van der Waals surface area contributed by atoms with Gasteiger partial charge in [-0.05, 0) is 89.5 Å². The lowest BCUT2D eigenvalue weighted by molar-refractivity contribution is 1.18. The van der Waals surface area contributed by atoms with E-state index in [1.54, 1.807) is 0 Å². The second kappa shape index (κ2) is 13.0. The van der Waals surface area contributed by atoms with Gasteiger partial charge in [-0.25, -0.2) is 4.98 Å². The summed E-state index contributed by atoms with van der Waals surface area (Å²) in [6.07, 6.45) is 10.1. The summed E-state index contributed by atoms with van der Waals surface area (Å²) in [4.78, 5) is 10.4. The summed E-state index contributed by atoms with van der Waals surface area (Å²) in [7, 11) is 0. The van der Waals surface area contributed by atoms with Crippen LogP contribution in [0.2, 0.25) is 0 Å². The third-order valence-corrected chi connectivity index (χ3v) is 11.4. The summed E-state index contributed by atoms with van der Waals surface area (Å²) in [6, 6.07) is 56.8. The van der Waals surface area contributed by atoms with Crippen LogP contribution in [0.4, 0.5) is 0 Å². The Hall–Kier alpha value is -7.56. The molecule has 0 saturated heterocycles. The van der Waals surface area contributed by atoms with Crippen molar-refractivity contribution in [3.8, 4) is 28.1 Å². The van der Waals surface area contributed by atoms with E-state index in [9.17, 15) is 0 Å². The van der Waals surface area contributed by atoms with Gasteiger partial charge in [-0.2, -0.15) is 0 Å². The van der Waals surface area contributed by atoms with Crippen LogP contribution >= 0.6 is 0 Å². The van der Waals surface area contributed by atoms with Crippen LogP contribution in [0.25, 0.3) is 110 Å². The highest BCUT2D eigenvalue weighted by Gasteiger charge is 2.17. The number of hydrogen-bond donors (Lipinski definition) is 0. The zero-order chi connectivity index (χ0) is 38.0. The Labute approximate surface area is 329 Å². The number of hydrogen-bond acceptors (Lipinski definition) is 2. The van der Waals surface area contributed by atoms with Gasteiger partial charge in [-0.15, -0.1) is 0 Å². The molecule has 0 radical (unpaired) electrons. The lowest BCUT2D eigenvalue weighted by Gasteiger charge is -2.12. The van der Waals surface area contributed by atoms with Crippen molar-refractivity contribution in [2.45, 2.75) is 6.92 Å². The smallest absolute Gasteiger partial charge is 0.0979 e. The molecule has 11 rings (SSSR count). The molecule has 0 aliphatic rings. The molecule has 0 N–H and O–H groups in total. The topological polar surface area (TPSA) is 35.6 Å². The summed E-state index contributed by atoms with van der Waals surface area (Å²) >= 11 is 0. The Morgan fingerprint density at radius 3 is 1.77 bits per heavy atom. The standard InChI is InChI=1S/C53H36N4/c1-3-14-37(15-4-2)56-48-24-11-9-20-41(48)45-31-34(26-28-50(45)56)35-27-29-51-46(32-35)42-21-10-12-25-49(42)57(51)38-17-13-16-36(30-38)47-33-54-52-43-22-7-5-18-39(43)40-19-6-8-23-44(40)53(52)55-47/h3-33H,1H2,2H3/b15-4-,37-14+. The van der Waals surface area contributed by atoms with E-state index < -0.39 is 0 Å². The molecule has 0 aliphatic carbocycles. The van der Waals surface area contributed by atoms with Gasteiger partial charge in [0, 0.05) is 49.3 Å². The van der Waals surface area contributed by atoms with Gasteiger partial charge >= 0.3 is 0 Å². The number of nitrogens with zero attached hydrogens (tertiary/aromatic N) is 4. The maximum Gasteiger partial charge on any atom is 0.0979 e. The molecule has 57 heavy (non-hydrogen) atoms. The monoisotopic (exact) mass is 728 g/mol. The fourth-order valence-electron chi connectivity index (χ4n) is 8.92. The van der Waals surface area contributed by atoms with Crippen molar-refractivity contribution in [3.05, 3.63) is 195 Å². The fourth-order valence-corrected chi connectivity index (χ4v) is 8.92. The highest BCUT2D eigenvalue weighted by Crippen LogP contribution is 2.39. The van der Waals surface area contributed by atoms with E-state index >= 15 is 0 Å². The van der Waals surface area contributed by atoms with E-state index in [1.165, 1.54) is 54.5 Å². The van der Waals surface area contributed by atoms with Gasteiger partial charge in [-0.3, -0.25) is 4.98 Å². The number of fused-ring (bicyclic) bond motifs is 12. The molecular formula is C53H36N4. The third kappa shape index (κ3) is 5.08. The zero-order valence-corrected chi connectivity index (χ0v) is 31.4. The minimum absolute atomic E-state index is 0.849. The quantitative estimate of drug-likeness (QED) is 0.126. The summed E-state index contributed by atoms with van der Waals surface area (Å²) < 4.78 is 4.70. The molecule has 0 bridgehead atoms. The molecule has 268 valence electrons. The van der Waals surface area contributed by atoms with Crippen LogP contribution in [-0.4, -0.2) is 19.1 Å². The van der Waals surface area contributed by atoms with E-state index in [4.69, 9.17) is 9.97 Å². The van der Waals surface area contributed by atoms with Crippen LogP contribution in [-0.2, 0) is 0 Å². The summed E-state index contributed by atoms with van der Waals surface area (Å²) in [5.74, 6) is 0. The van der Waals surface area contributed by atoms with E-state index in [0.717, 1.165) is 55.5 Å². The lowest BCUT2D eigenvalue weighted by atomic mass is 9.99. The van der Waals surface area contributed by atoms with Crippen LogP contribution in [0.1, 0.15) is 6.92 Å². The maximum atomic E-state index is 5.30.